The lowest BCUT2D eigenvalue weighted by atomic mass is 10.0. The lowest BCUT2D eigenvalue weighted by molar-refractivity contribution is 0.0697. The molecule has 0 aliphatic rings. The molecule has 6 heteroatoms. The van der Waals surface area contributed by atoms with Crippen LogP contribution in [0.1, 0.15) is 39.5 Å². The standard InChI is InChI=1S/C26H22INO4/c1-3-31-24-14-19(12-22(15-28)20-8-4-17(2)5-9-20)13-23(27)25(24)32-16-18-6-10-21(11-7-18)26(29)30/h4-14H,3,16H2,1-2H3,(H,29,30)/b22-12-. The van der Waals surface area contributed by atoms with Crippen LogP contribution in [-0.4, -0.2) is 17.7 Å². The Morgan fingerprint density at radius 2 is 1.72 bits per heavy atom. The van der Waals surface area contributed by atoms with Crippen molar-refractivity contribution in [2.24, 2.45) is 0 Å². The summed E-state index contributed by atoms with van der Waals surface area (Å²) in [5.74, 6) is 0.242. The van der Waals surface area contributed by atoms with Crippen LogP contribution in [0.5, 0.6) is 11.5 Å². The van der Waals surface area contributed by atoms with Gasteiger partial charge in [0.25, 0.3) is 0 Å². The minimum absolute atomic E-state index is 0.233. The van der Waals surface area contributed by atoms with Gasteiger partial charge in [-0.3, -0.25) is 0 Å². The van der Waals surface area contributed by atoms with Crippen molar-refractivity contribution in [2.75, 3.05) is 6.61 Å². The predicted octanol–water partition coefficient (Wildman–Crippen LogP) is 6.34. The number of aryl methyl sites for hydroxylation is 1. The Morgan fingerprint density at radius 1 is 1.06 bits per heavy atom. The maximum absolute atomic E-state index is 11.0. The van der Waals surface area contributed by atoms with Crippen LogP contribution in [0.2, 0.25) is 0 Å². The van der Waals surface area contributed by atoms with E-state index in [9.17, 15) is 10.1 Å². The number of carbonyl (C=O) groups is 1. The first-order chi connectivity index (χ1) is 15.4. The van der Waals surface area contributed by atoms with Crippen LogP contribution in [0.25, 0.3) is 11.6 Å². The highest BCUT2D eigenvalue weighted by atomic mass is 127. The van der Waals surface area contributed by atoms with E-state index in [-0.39, 0.29) is 12.2 Å². The number of aromatic carboxylic acids is 1. The zero-order valence-corrected chi connectivity index (χ0v) is 19.9. The number of nitriles is 1. The van der Waals surface area contributed by atoms with Crippen LogP contribution in [-0.2, 0) is 6.61 Å². The molecule has 0 saturated carbocycles. The highest BCUT2D eigenvalue weighted by molar-refractivity contribution is 14.1. The maximum Gasteiger partial charge on any atom is 0.335 e. The number of hydrogen-bond donors (Lipinski definition) is 1. The third-order valence-corrected chi connectivity index (χ3v) is 5.51. The van der Waals surface area contributed by atoms with Crippen molar-refractivity contribution in [3.05, 3.63) is 92.1 Å². The molecular weight excluding hydrogens is 517 g/mol. The molecule has 0 heterocycles. The van der Waals surface area contributed by atoms with E-state index in [1.54, 1.807) is 24.3 Å². The summed E-state index contributed by atoms with van der Waals surface area (Å²) in [6.45, 7) is 4.65. The van der Waals surface area contributed by atoms with Gasteiger partial charge in [0, 0.05) is 0 Å². The third kappa shape index (κ3) is 5.89. The van der Waals surface area contributed by atoms with E-state index in [0.29, 0.717) is 23.7 Å². The number of ether oxygens (including phenoxy) is 2. The SMILES string of the molecule is CCOc1cc(/C=C(/C#N)c2ccc(C)cc2)cc(I)c1OCc1ccc(C(=O)O)cc1. The number of halogens is 1. The third-order valence-electron chi connectivity index (χ3n) is 4.71. The first-order valence-corrected chi connectivity index (χ1v) is 11.1. The zero-order chi connectivity index (χ0) is 23.1. The molecule has 0 aliphatic heterocycles. The van der Waals surface area contributed by atoms with Gasteiger partial charge in [-0.15, -0.1) is 0 Å². The van der Waals surface area contributed by atoms with E-state index < -0.39 is 5.97 Å². The van der Waals surface area contributed by atoms with Gasteiger partial charge in [-0.1, -0.05) is 42.0 Å². The summed E-state index contributed by atoms with van der Waals surface area (Å²) in [6.07, 6.45) is 1.84. The van der Waals surface area contributed by atoms with E-state index in [4.69, 9.17) is 14.6 Å². The molecule has 0 amide bonds. The first-order valence-electron chi connectivity index (χ1n) is 10.0. The summed E-state index contributed by atoms with van der Waals surface area (Å²) in [6, 6.07) is 20.5. The monoisotopic (exact) mass is 539 g/mol. The number of rotatable bonds is 8. The molecule has 0 saturated heterocycles. The van der Waals surface area contributed by atoms with Crippen LogP contribution in [0.15, 0.2) is 60.7 Å². The molecule has 0 unspecified atom stereocenters. The molecule has 5 nitrogen and oxygen atoms in total. The molecular formula is C26H22INO4. The summed E-state index contributed by atoms with van der Waals surface area (Å²) in [5, 5.41) is 18.7. The summed E-state index contributed by atoms with van der Waals surface area (Å²) in [7, 11) is 0. The van der Waals surface area contributed by atoms with Crippen molar-refractivity contribution in [1.29, 1.82) is 5.26 Å². The van der Waals surface area contributed by atoms with Crippen LogP contribution < -0.4 is 9.47 Å². The van der Waals surface area contributed by atoms with Gasteiger partial charge in [0.15, 0.2) is 11.5 Å². The van der Waals surface area contributed by atoms with Gasteiger partial charge >= 0.3 is 5.97 Å². The first kappa shape index (κ1) is 23.4. The second-order valence-corrected chi connectivity index (χ2v) is 8.25. The van der Waals surface area contributed by atoms with E-state index in [1.807, 2.05) is 56.3 Å². The Labute approximate surface area is 201 Å². The molecule has 0 spiro atoms. The molecule has 0 fully saturated rings. The normalized spacial score (nSPS) is 11.0. The average molecular weight is 539 g/mol. The number of nitrogens with zero attached hydrogens (tertiary/aromatic N) is 1. The smallest absolute Gasteiger partial charge is 0.335 e. The molecule has 0 radical (unpaired) electrons. The minimum atomic E-state index is -0.961. The summed E-state index contributed by atoms with van der Waals surface area (Å²) < 4.78 is 12.7. The molecule has 1 N–H and O–H groups in total. The molecule has 0 atom stereocenters. The molecule has 32 heavy (non-hydrogen) atoms. The van der Waals surface area contributed by atoms with Gasteiger partial charge in [0.1, 0.15) is 6.61 Å². The van der Waals surface area contributed by atoms with Crippen molar-refractivity contribution >= 4 is 40.2 Å². The molecule has 0 aromatic heterocycles. The highest BCUT2D eigenvalue weighted by Gasteiger charge is 2.13. The predicted molar refractivity (Wildman–Crippen MR) is 133 cm³/mol. The highest BCUT2D eigenvalue weighted by Crippen LogP contribution is 2.36. The van der Waals surface area contributed by atoms with Crippen molar-refractivity contribution in [3.63, 3.8) is 0 Å². The minimum Gasteiger partial charge on any atom is -0.490 e. The number of allylic oxidation sites excluding steroid dienone is 1. The number of carboxylic acids is 1. The van der Waals surface area contributed by atoms with E-state index in [1.165, 1.54) is 0 Å². The Balaban J connectivity index is 1.87. The largest absolute Gasteiger partial charge is 0.490 e. The lowest BCUT2D eigenvalue weighted by Crippen LogP contribution is -2.03. The van der Waals surface area contributed by atoms with Crippen molar-refractivity contribution < 1.29 is 19.4 Å². The lowest BCUT2D eigenvalue weighted by Gasteiger charge is -2.15. The fraction of sp³-hybridized carbons (Fsp3) is 0.154. The molecule has 3 aromatic carbocycles. The van der Waals surface area contributed by atoms with Gasteiger partial charge < -0.3 is 14.6 Å². The van der Waals surface area contributed by atoms with Gasteiger partial charge in [-0.05, 0) is 83.5 Å². The summed E-state index contributed by atoms with van der Waals surface area (Å²) in [5.41, 5.74) is 4.48. The van der Waals surface area contributed by atoms with Crippen molar-refractivity contribution in [3.8, 4) is 17.6 Å². The van der Waals surface area contributed by atoms with Crippen molar-refractivity contribution in [1.82, 2.24) is 0 Å². The molecule has 3 rings (SSSR count). The fourth-order valence-electron chi connectivity index (χ4n) is 3.05. The Morgan fingerprint density at radius 3 is 2.31 bits per heavy atom. The van der Waals surface area contributed by atoms with Gasteiger partial charge in [-0.25, -0.2) is 4.79 Å². The van der Waals surface area contributed by atoms with Crippen LogP contribution in [0.4, 0.5) is 0 Å². The van der Waals surface area contributed by atoms with Crippen LogP contribution in [0.3, 0.4) is 0 Å². The summed E-state index contributed by atoms with van der Waals surface area (Å²) in [4.78, 5) is 11.0. The Kier molecular flexibility index (Phi) is 7.90. The number of carboxylic acid groups (broad SMARTS) is 1. The van der Waals surface area contributed by atoms with Gasteiger partial charge in [-0.2, -0.15) is 5.26 Å². The Bertz CT molecular complexity index is 1180. The van der Waals surface area contributed by atoms with E-state index in [0.717, 1.165) is 25.8 Å². The van der Waals surface area contributed by atoms with E-state index >= 15 is 0 Å². The molecule has 3 aromatic rings. The quantitative estimate of drug-likeness (QED) is 0.205. The average Bonchev–Trinajstić information content (AvgIpc) is 2.78. The van der Waals surface area contributed by atoms with Crippen LogP contribution >= 0.6 is 22.6 Å². The maximum atomic E-state index is 11.0. The molecule has 162 valence electrons. The second kappa shape index (κ2) is 10.8. The van der Waals surface area contributed by atoms with Gasteiger partial charge in [0.2, 0.25) is 0 Å². The Hall–Kier alpha value is -3.31. The summed E-state index contributed by atoms with van der Waals surface area (Å²) >= 11 is 2.19. The van der Waals surface area contributed by atoms with Gasteiger partial charge in [0.05, 0.1) is 27.4 Å². The topological polar surface area (TPSA) is 79.5 Å². The number of hydrogen-bond acceptors (Lipinski definition) is 4. The van der Waals surface area contributed by atoms with Crippen molar-refractivity contribution in [2.45, 2.75) is 20.5 Å². The molecule has 0 aliphatic carbocycles. The zero-order valence-electron chi connectivity index (χ0n) is 17.8. The second-order valence-electron chi connectivity index (χ2n) is 7.09. The van der Waals surface area contributed by atoms with E-state index in [2.05, 4.69) is 28.7 Å². The fourth-order valence-corrected chi connectivity index (χ4v) is 3.83. The van der Waals surface area contributed by atoms with Crippen LogP contribution in [0, 0.1) is 21.8 Å². The molecule has 0 bridgehead atoms. The number of benzene rings is 3.